The predicted molar refractivity (Wildman–Crippen MR) is 20.0 cm³/mol. The minimum atomic E-state index is 0.472. The third kappa shape index (κ3) is 0.602. The molecule has 0 fully saturated rings. The number of hydrogen-bond donors (Lipinski definition) is 0. The van der Waals surface area contributed by atoms with E-state index in [1.807, 2.05) is 4.94 Å². The second kappa shape index (κ2) is 1.39. The number of aromatic nitrogens is 1. The Morgan fingerprint density at radius 2 is 2.80 bits per heavy atom. The van der Waals surface area contributed by atoms with Crippen molar-refractivity contribution >= 4 is 14.5 Å². The van der Waals surface area contributed by atoms with Crippen LogP contribution in [-0.2, 0) is 0 Å². The summed E-state index contributed by atoms with van der Waals surface area (Å²) in [6, 6.07) is 0. The van der Waals surface area contributed by atoms with Gasteiger partial charge < -0.3 is 0 Å². The minimum absolute atomic E-state index is 0.472. The molecule has 1 rings (SSSR count). The summed E-state index contributed by atoms with van der Waals surface area (Å²) in [7, 11) is 0. The van der Waals surface area contributed by atoms with Gasteiger partial charge in [-0.2, -0.15) is 0 Å². The summed E-state index contributed by atoms with van der Waals surface area (Å²) in [5.41, 5.74) is 0. The molecule has 1 radical (unpaired) electrons. The first-order chi connectivity index (χ1) is 2.50. The summed E-state index contributed by atoms with van der Waals surface area (Å²) in [4.78, 5) is 5.70. The average Bonchev–Trinajstić information content (AvgIpc) is 1.76. The molecule has 1 aromatic heterocycles. The van der Waals surface area contributed by atoms with E-state index in [-0.39, 0.29) is 0 Å². The fraction of sp³-hybridized carbons (Fsp3) is 0. The zero-order valence-corrected chi connectivity index (χ0v) is 4.22. The molecule has 0 amide bonds. The molecule has 1 aromatic rings. The van der Waals surface area contributed by atoms with E-state index in [9.17, 15) is 0 Å². The van der Waals surface area contributed by atoms with E-state index in [0.717, 1.165) is 0 Å². The summed E-state index contributed by atoms with van der Waals surface area (Å²) in [6.07, 6.45) is 1.78. The third-order valence-corrected chi connectivity index (χ3v) is 1.29. The van der Waals surface area contributed by atoms with Crippen molar-refractivity contribution in [3.63, 3.8) is 0 Å². The van der Waals surface area contributed by atoms with Gasteiger partial charge in [0.1, 0.15) is 0 Å². The topological polar surface area (TPSA) is 12.9 Å². The molecule has 0 spiro atoms. The van der Waals surface area contributed by atoms with Crippen LogP contribution in [0.5, 0.6) is 0 Å². The second-order valence-corrected chi connectivity index (χ2v) is 2.07. The summed E-state index contributed by atoms with van der Waals surface area (Å²) < 4.78 is 0. The molecule has 0 aliphatic carbocycles. The van der Waals surface area contributed by atoms with Crippen LogP contribution in [0, 0.1) is 5.07 Å². The number of hydrogen-bond acceptors (Lipinski definition) is 1. The molecule has 0 aliphatic rings. The van der Waals surface area contributed by atoms with Crippen molar-refractivity contribution in [3.05, 3.63) is 16.2 Å². The zero-order valence-electron chi connectivity index (χ0n) is 2.51. The van der Waals surface area contributed by atoms with Gasteiger partial charge in [0.25, 0.3) is 0 Å². The average molecular weight is 131 g/mol. The van der Waals surface area contributed by atoms with Gasteiger partial charge >= 0.3 is 35.7 Å². The molecule has 0 aliphatic heterocycles. The Hall–Kier alpha value is -0.0705. The molecule has 0 unspecified atom stereocenters. The van der Waals surface area contributed by atoms with Gasteiger partial charge in [-0.05, 0) is 0 Å². The zero-order chi connectivity index (χ0) is 3.54. The van der Waals surface area contributed by atoms with Gasteiger partial charge in [0.2, 0.25) is 0 Å². The number of nitrogens with zero attached hydrogens (tertiary/aromatic N) is 1. The molecule has 0 atom stereocenters. The summed E-state index contributed by atoms with van der Waals surface area (Å²) >= 11 is 0.472. The molecule has 2 heteroatoms. The normalized spacial score (nSPS) is 8.00. The van der Waals surface area contributed by atoms with E-state index in [0.29, 0.717) is 14.5 Å². The van der Waals surface area contributed by atoms with Crippen molar-refractivity contribution < 1.29 is 0 Å². The molecule has 1 nitrogen and oxygen atoms in total. The van der Waals surface area contributed by atoms with Crippen LogP contribution in [0.4, 0.5) is 0 Å². The van der Waals surface area contributed by atoms with Crippen LogP contribution in [0.25, 0.3) is 0 Å². The van der Waals surface area contributed by atoms with Gasteiger partial charge in [0, 0.05) is 0 Å². The quantitative estimate of drug-likeness (QED) is 0.449. The maximum absolute atomic E-state index is 3.68. The Morgan fingerprint density at radius 1 is 1.80 bits per heavy atom. The molecule has 25 valence electrons. The Kier molecular flexibility index (Phi) is 0.869. The second-order valence-electron chi connectivity index (χ2n) is 0.623. The monoisotopic (exact) mass is 132 g/mol. The molecule has 0 N–H and O–H groups in total. The van der Waals surface area contributed by atoms with E-state index in [1.54, 1.807) is 6.20 Å². The van der Waals surface area contributed by atoms with Crippen molar-refractivity contribution in [2.75, 3.05) is 0 Å². The van der Waals surface area contributed by atoms with E-state index < -0.39 is 0 Å². The number of rotatable bonds is 0. The predicted octanol–water partition coefficient (Wildman–Crippen LogP) is -0.0612. The fourth-order valence-electron chi connectivity index (χ4n) is 0.152. The fourth-order valence-corrected chi connectivity index (χ4v) is 0.791. The Labute approximate surface area is 36.4 Å². The summed E-state index contributed by atoms with van der Waals surface area (Å²) in [5, 5.41) is 2.80. The first-order valence-electron chi connectivity index (χ1n) is 1.25. The van der Waals surface area contributed by atoms with Crippen molar-refractivity contribution in [1.82, 2.24) is 4.98 Å². The Balaban J connectivity index is 3.13. The van der Waals surface area contributed by atoms with Gasteiger partial charge in [0.05, 0.1) is 0 Å². The Bertz CT molecular complexity index is 63.4. The van der Waals surface area contributed by atoms with Crippen molar-refractivity contribution in [2.24, 2.45) is 0 Å². The van der Waals surface area contributed by atoms with Gasteiger partial charge in [-0.1, -0.05) is 0 Å². The summed E-state index contributed by atoms with van der Waals surface area (Å²) in [5.74, 6) is 0. The summed E-state index contributed by atoms with van der Waals surface area (Å²) in [6.45, 7) is 0. The van der Waals surface area contributed by atoms with E-state index in [2.05, 4.69) is 10.1 Å². The third-order valence-electron chi connectivity index (χ3n) is 0.309. The molecule has 1 heterocycles. The van der Waals surface area contributed by atoms with Crippen LogP contribution in [0.3, 0.4) is 0 Å². The first kappa shape index (κ1) is 3.13. The molecule has 0 bridgehead atoms. The SMILES string of the molecule is [c]1ncc[se]1. The van der Waals surface area contributed by atoms with Gasteiger partial charge in [0.15, 0.2) is 0 Å². The maximum atomic E-state index is 3.68. The van der Waals surface area contributed by atoms with Crippen molar-refractivity contribution in [3.8, 4) is 0 Å². The van der Waals surface area contributed by atoms with Gasteiger partial charge in [-0.25, -0.2) is 0 Å². The Morgan fingerprint density at radius 3 is 3.00 bits per heavy atom. The van der Waals surface area contributed by atoms with Crippen LogP contribution in [-0.4, -0.2) is 19.5 Å². The van der Waals surface area contributed by atoms with E-state index in [1.165, 1.54) is 0 Å². The van der Waals surface area contributed by atoms with Crippen LogP contribution in [0.2, 0.25) is 0 Å². The van der Waals surface area contributed by atoms with E-state index >= 15 is 0 Å². The van der Waals surface area contributed by atoms with Crippen LogP contribution in [0.1, 0.15) is 0 Å². The van der Waals surface area contributed by atoms with Crippen LogP contribution >= 0.6 is 0 Å². The van der Waals surface area contributed by atoms with Crippen LogP contribution < -0.4 is 0 Å². The molecule has 0 saturated carbocycles. The van der Waals surface area contributed by atoms with Crippen molar-refractivity contribution in [1.29, 1.82) is 0 Å². The van der Waals surface area contributed by atoms with Gasteiger partial charge in [-0.3, -0.25) is 0 Å². The molecule has 0 saturated heterocycles. The standard InChI is InChI=1S/C3H2NSe/c1-2-5-3-4-1/h1-2H. The molecule has 0 aromatic carbocycles. The van der Waals surface area contributed by atoms with Gasteiger partial charge in [-0.15, -0.1) is 0 Å². The molecular formula is C3H2NSe. The van der Waals surface area contributed by atoms with E-state index in [4.69, 9.17) is 0 Å². The van der Waals surface area contributed by atoms with Crippen LogP contribution in [0.15, 0.2) is 11.1 Å². The van der Waals surface area contributed by atoms with Crippen molar-refractivity contribution in [2.45, 2.75) is 0 Å². The first-order valence-corrected chi connectivity index (χ1v) is 3.10. The molecule has 5 heavy (non-hydrogen) atoms. The molecular weight excluding hydrogens is 129 g/mol.